The number of hydrogen-bond donors (Lipinski definition) is 1. The molecule has 1 aliphatic carbocycles. The monoisotopic (exact) mass is 403 g/mol. The minimum atomic E-state index is -0.262. The summed E-state index contributed by atoms with van der Waals surface area (Å²) in [5.41, 5.74) is 1.29. The van der Waals surface area contributed by atoms with E-state index in [1.165, 1.54) is 23.5 Å². The van der Waals surface area contributed by atoms with Gasteiger partial charge in [0.05, 0.1) is 26.8 Å². The largest absolute Gasteiger partial charge is 0.357 e. The summed E-state index contributed by atoms with van der Waals surface area (Å²) < 4.78 is 14.2. The van der Waals surface area contributed by atoms with E-state index in [0.29, 0.717) is 10.6 Å². The van der Waals surface area contributed by atoms with Gasteiger partial charge in [0.1, 0.15) is 5.82 Å². The van der Waals surface area contributed by atoms with Gasteiger partial charge in [0.25, 0.3) is 5.91 Å². The van der Waals surface area contributed by atoms with Crippen LogP contribution in [-0.2, 0) is 0 Å². The van der Waals surface area contributed by atoms with Crippen molar-refractivity contribution in [2.75, 3.05) is 12.4 Å². The molecule has 140 valence electrons. The molecule has 1 saturated carbocycles. The molecule has 4 nitrogen and oxygen atoms in total. The number of likely N-dealkylation sites (N-methyl/N-ethyl adjacent to an activating group) is 1. The number of benzene rings is 2. The minimum absolute atomic E-state index is 0.0533. The Labute approximate surface area is 166 Å². The second kappa shape index (κ2) is 7.44. The zero-order valence-electron chi connectivity index (χ0n) is 14.8. The minimum Gasteiger partial charge on any atom is -0.357 e. The Kier molecular flexibility index (Phi) is 5.02. The van der Waals surface area contributed by atoms with Gasteiger partial charge in [0.15, 0.2) is 5.13 Å². The third-order valence-corrected chi connectivity index (χ3v) is 6.34. The highest BCUT2D eigenvalue weighted by Crippen LogP contribution is 2.32. The highest BCUT2D eigenvalue weighted by Gasteiger charge is 2.34. The second-order valence-electron chi connectivity index (χ2n) is 6.78. The van der Waals surface area contributed by atoms with Crippen molar-refractivity contribution in [3.63, 3.8) is 0 Å². The van der Waals surface area contributed by atoms with Crippen molar-refractivity contribution in [2.45, 2.75) is 31.3 Å². The lowest BCUT2D eigenvalue weighted by Crippen LogP contribution is -2.44. The summed E-state index contributed by atoms with van der Waals surface area (Å²) in [4.78, 5) is 19.2. The Morgan fingerprint density at radius 3 is 2.93 bits per heavy atom. The average Bonchev–Trinajstić information content (AvgIpc) is 3.27. The zero-order valence-corrected chi connectivity index (χ0v) is 16.4. The van der Waals surface area contributed by atoms with Gasteiger partial charge in [0.2, 0.25) is 0 Å². The van der Waals surface area contributed by atoms with Crippen molar-refractivity contribution in [1.82, 2.24) is 9.88 Å². The highest BCUT2D eigenvalue weighted by atomic mass is 35.5. The van der Waals surface area contributed by atoms with Crippen LogP contribution in [0.25, 0.3) is 10.2 Å². The summed E-state index contributed by atoms with van der Waals surface area (Å²) in [5.74, 6) is -0.341. The summed E-state index contributed by atoms with van der Waals surface area (Å²) >= 11 is 7.62. The molecule has 1 aromatic heterocycles. The average molecular weight is 404 g/mol. The standard InChI is InChI=1S/C20H19ClFN3OS/c1-25(19(26)13-5-2-3-6-14(13)21)17-8-4-7-15(17)23-20-24-16-10-9-12(22)11-18(16)27-20/h2-3,5-6,9-11,15,17H,4,7-8H2,1H3,(H,23,24)/t15-,17-/m1/s1. The van der Waals surface area contributed by atoms with E-state index in [1.807, 2.05) is 19.2 Å². The number of fused-ring (bicyclic) bond motifs is 1. The lowest BCUT2D eigenvalue weighted by molar-refractivity contribution is 0.0728. The molecule has 0 aliphatic heterocycles. The number of rotatable bonds is 4. The van der Waals surface area contributed by atoms with Crippen LogP contribution in [0.5, 0.6) is 0 Å². The number of halogens is 2. The van der Waals surface area contributed by atoms with Gasteiger partial charge in [-0.3, -0.25) is 4.79 Å². The fourth-order valence-corrected chi connectivity index (χ4v) is 4.84. The first-order valence-corrected chi connectivity index (χ1v) is 10.1. The third kappa shape index (κ3) is 3.64. The number of hydrogen-bond acceptors (Lipinski definition) is 4. The number of carbonyl (C=O) groups is 1. The van der Waals surface area contributed by atoms with Crippen LogP contribution in [0.3, 0.4) is 0 Å². The maximum absolute atomic E-state index is 13.4. The molecule has 7 heteroatoms. The van der Waals surface area contributed by atoms with Crippen LogP contribution in [-0.4, -0.2) is 34.9 Å². The van der Waals surface area contributed by atoms with Crippen molar-refractivity contribution < 1.29 is 9.18 Å². The van der Waals surface area contributed by atoms with Crippen molar-refractivity contribution in [2.24, 2.45) is 0 Å². The molecular weight excluding hydrogens is 385 g/mol. The van der Waals surface area contributed by atoms with Crippen LogP contribution in [0.15, 0.2) is 42.5 Å². The number of amides is 1. The molecule has 27 heavy (non-hydrogen) atoms. The Morgan fingerprint density at radius 2 is 2.11 bits per heavy atom. The number of thiazole rings is 1. The molecule has 0 radical (unpaired) electrons. The molecule has 4 rings (SSSR count). The first kappa shape index (κ1) is 18.2. The maximum atomic E-state index is 13.4. The summed E-state index contributed by atoms with van der Waals surface area (Å²) in [6.45, 7) is 0. The SMILES string of the molecule is CN(C(=O)c1ccccc1Cl)[C@@H]1CCC[C@H]1Nc1nc2ccc(F)cc2s1. The number of nitrogens with zero attached hydrogens (tertiary/aromatic N) is 2. The molecule has 1 fully saturated rings. The van der Waals surface area contributed by atoms with Crippen molar-refractivity contribution >= 4 is 44.2 Å². The second-order valence-corrected chi connectivity index (χ2v) is 8.21. The summed E-state index contributed by atoms with van der Waals surface area (Å²) in [7, 11) is 1.82. The van der Waals surface area contributed by atoms with Crippen LogP contribution in [0, 0.1) is 5.82 Å². The van der Waals surface area contributed by atoms with Gasteiger partial charge in [-0.2, -0.15) is 0 Å². The third-order valence-electron chi connectivity index (χ3n) is 5.06. The molecule has 0 bridgehead atoms. The first-order chi connectivity index (χ1) is 13.0. The van der Waals surface area contributed by atoms with E-state index in [2.05, 4.69) is 10.3 Å². The molecule has 1 N–H and O–H groups in total. The van der Waals surface area contributed by atoms with E-state index < -0.39 is 0 Å². The normalized spacial score (nSPS) is 19.4. The van der Waals surface area contributed by atoms with Crippen LogP contribution in [0.4, 0.5) is 9.52 Å². The fourth-order valence-electron chi connectivity index (χ4n) is 3.67. The Balaban J connectivity index is 1.52. The van der Waals surface area contributed by atoms with E-state index in [9.17, 15) is 9.18 Å². The molecule has 2 atom stereocenters. The van der Waals surface area contributed by atoms with Gasteiger partial charge in [-0.1, -0.05) is 35.1 Å². The highest BCUT2D eigenvalue weighted by molar-refractivity contribution is 7.22. The molecule has 3 aromatic rings. The first-order valence-electron chi connectivity index (χ1n) is 8.87. The van der Waals surface area contributed by atoms with E-state index >= 15 is 0 Å². The van der Waals surface area contributed by atoms with Crippen molar-refractivity contribution in [3.8, 4) is 0 Å². The van der Waals surface area contributed by atoms with Crippen molar-refractivity contribution in [1.29, 1.82) is 0 Å². The molecule has 1 amide bonds. The molecular formula is C20H19ClFN3OS. The number of carbonyl (C=O) groups excluding carboxylic acids is 1. The number of aromatic nitrogens is 1. The predicted molar refractivity (Wildman–Crippen MR) is 108 cm³/mol. The Morgan fingerprint density at radius 1 is 1.30 bits per heavy atom. The summed E-state index contributed by atoms with van der Waals surface area (Å²) in [6, 6.07) is 11.9. The lowest BCUT2D eigenvalue weighted by atomic mass is 10.1. The van der Waals surface area contributed by atoms with E-state index in [0.717, 1.165) is 34.6 Å². The quantitative estimate of drug-likeness (QED) is 0.651. The topological polar surface area (TPSA) is 45.2 Å². The van der Waals surface area contributed by atoms with Gasteiger partial charge in [-0.15, -0.1) is 0 Å². The van der Waals surface area contributed by atoms with Gasteiger partial charge in [-0.25, -0.2) is 9.37 Å². The predicted octanol–water partition coefficient (Wildman–Crippen LogP) is 5.19. The number of anilines is 1. The van der Waals surface area contributed by atoms with Gasteiger partial charge < -0.3 is 10.2 Å². The van der Waals surface area contributed by atoms with Crippen LogP contribution >= 0.6 is 22.9 Å². The van der Waals surface area contributed by atoms with Crippen LogP contribution in [0.1, 0.15) is 29.6 Å². The van der Waals surface area contributed by atoms with E-state index in [4.69, 9.17) is 11.6 Å². The Hall–Kier alpha value is -2.18. The smallest absolute Gasteiger partial charge is 0.255 e. The molecule has 0 saturated heterocycles. The molecule has 1 aliphatic rings. The number of nitrogens with one attached hydrogen (secondary N) is 1. The van der Waals surface area contributed by atoms with Crippen LogP contribution in [0.2, 0.25) is 5.02 Å². The fraction of sp³-hybridized carbons (Fsp3) is 0.300. The molecule has 1 heterocycles. The summed E-state index contributed by atoms with van der Waals surface area (Å²) in [6.07, 6.45) is 2.90. The molecule has 2 aromatic carbocycles. The van der Waals surface area contributed by atoms with Gasteiger partial charge in [0, 0.05) is 13.1 Å². The van der Waals surface area contributed by atoms with Crippen molar-refractivity contribution in [3.05, 3.63) is 58.9 Å². The maximum Gasteiger partial charge on any atom is 0.255 e. The van der Waals surface area contributed by atoms with Crippen LogP contribution < -0.4 is 5.32 Å². The van der Waals surface area contributed by atoms with E-state index in [1.54, 1.807) is 23.1 Å². The van der Waals surface area contributed by atoms with E-state index in [-0.39, 0.29) is 23.8 Å². The lowest BCUT2D eigenvalue weighted by Gasteiger charge is -2.30. The van der Waals surface area contributed by atoms with Gasteiger partial charge >= 0.3 is 0 Å². The van der Waals surface area contributed by atoms with Gasteiger partial charge in [-0.05, 0) is 49.6 Å². The zero-order chi connectivity index (χ0) is 19.0. The summed E-state index contributed by atoms with van der Waals surface area (Å²) in [5, 5.41) is 4.68. The Bertz CT molecular complexity index is 992. The molecule has 0 unspecified atom stereocenters. The molecule has 0 spiro atoms.